The SMILES string of the molecule is COc1cc(OC)c(-c2cn3ccc(N4CCC(NC(=O)CCN)C4)nc3n2)cc1Br.Cl.Cl. The number of anilines is 1. The molecule has 4 rings (SSSR count). The van der Waals surface area contributed by atoms with Crippen LogP contribution in [-0.2, 0) is 4.79 Å². The van der Waals surface area contributed by atoms with Gasteiger partial charge in [-0.3, -0.25) is 9.20 Å². The molecule has 3 N–H and O–H groups in total. The maximum absolute atomic E-state index is 11.8. The molecule has 3 aromatic rings. The van der Waals surface area contributed by atoms with Gasteiger partial charge in [0.15, 0.2) is 0 Å². The first-order valence-electron chi connectivity index (χ1n) is 10.0. The predicted octanol–water partition coefficient (Wildman–Crippen LogP) is 3.06. The van der Waals surface area contributed by atoms with E-state index in [4.69, 9.17) is 25.2 Å². The molecule has 2 aromatic heterocycles. The van der Waals surface area contributed by atoms with E-state index in [0.717, 1.165) is 34.5 Å². The number of imidazole rings is 1. The van der Waals surface area contributed by atoms with E-state index in [-0.39, 0.29) is 36.8 Å². The minimum Gasteiger partial charge on any atom is -0.496 e. The number of fused-ring (bicyclic) bond motifs is 1. The van der Waals surface area contributed by atoms with Crippen molar-refractivity contribution in [3.8, 4) is 22.8 Å². The highest BCUT2D eigenvalue weighted by atomic mass is 79.9. The Hall–Kier alpha value is -2.27. The van der Waals surface area contributed by atoms with E-state index in [0.29, 0.717) is 36.8 Å². The molecule has 12 heteroatoms. The summed E-state index contributed by atoms with van der Waals surface area (Å²) >= 11 is 3.53. The minimum absolute atomic E-state index is 0. The Morgan fingerprint density at radius 2 is 2.00 bits per heavy atom. The molecule has 9 nitrogen and oxygen atoms in total. The number of halogens is 3. The molecule has 1 fully saturated rings. The van der Waals surface area contributed by atoms with Gasteiger partial charge >= 0.3 is 0 Å². The van der Waals surface area contributed by atoms with Crippen molar-refractivity contribution < 1.29 is 14.3 Å². The van der Waals surface area contributed by atoms with Crippen molar-refractivity contribution >= 4 is 58.2 Å². The van der Waals surface area contributed by atoms with Gasteiger partial charge in [0.2, 0.25) is 11.7 Å². The number of aromatic nitrogens is 3. The topological polar surface area (TPSA) is 107 Å². The van der Waals surface area contributed by atoms with Crippen LogP contribution in [0.1, 0.15) is 12.8 Å². The predicted molar refractivity (Wildman–Crippen MR) is 136 cm³/mol. The van der Waals surface area contributed by atoms with Crippen molar-refractivity contribution in [2.75, 3.05) is 38.8 Å². The van der Waals surface area contributed by atoms with E-state index in [9.17, 15) is 4.79 Å². The fourth-order valence-corrected chi connectivity index (χ4v) is 4.25. The largest absolute Gasteiger partial charge is 0.496 e. The zero-order valence-corrected chi connectivity index (χ0v) is 21.5. The Kier molecular flexibility index (Phi) is 9.59. The first kappa shape index (κ1) is 27.0. The molecule has 33 heavy (non-hydrogen) atoms. The van der Waals surface area contributed by atoms with E-state index in [2.05, 4.69) is 26.1 Å². The van der Waals surface area contributed by atoms with Crippen LogP contribution in [0.2, 0.25) is 0 Å². The molecular weight excluding hydrogens is 535 g/mol. The Balaban J connectivity index is 0.00000193. The fourth-order valence-electron chi connectivity index (χ4n) is 3.75. The number of benzene rings is 1. The summed E-state index contributed by atoms with van der Waals surface area (Å²) in [6, 6.07) is 5.82. The monoisotopic (exact) mass is 560 g/mol. The molecule has 0 saturated carbocycles. The second-order valence-electron chi connectivity index (χ2n) is 7.34. The summed E-state index contributed by atoms with van der Waals surface area (Å²) in [5.41, 5.74) is 7.04. The van der Waals surface area contributed by atoms with Crippen LogP contribution in [0.25, 0.3) is 17.0 Å². The van der Waals surface area contributed by atoms with Gasteiger partial charge in [-0.1, -0.05) is 0 Å². The summed E-state index contributed by atoms with van der Waals surface area (Å²) < 4.78 is 13.6. The van der Waals surface area contributed by atoms with Crippen LogP contribution in [0.4, 0.5) is 5.82 Å². The van der Waals surface area contributed by atoms with E-state index in [1.54, 1.807) is 14.2 Å². The average Bonchev–Trinajstić information content (AvgIpc) is 3.40. The van der Waals surface area contributed by atoms with Crippen LogP contribution >= 0.6 is 40.7 Å². The molecule has 0 bridgehead atoms. The summed E-state index contributed by atoms with van der Waals surface area (Å²) in [6.45, 7) is 1.90. The van der Waals surface area contributed by atoms with Gasteiger partial charge in [-0.15, -0.1) is 24.8 Å². The number of rotatable bonds is 7. The zero-order valence-electron chi connectivity index (χ0n) is 18.3. The minimum atomic E-state index is -0.00439. The van der Waals surface area contributed by atoms with Crippen LogP contribution in [0.15, 0.2) is 35.1 Å². The number of ether oxygens (including phenoxy) is 2. The standard InChI is InChI=1S/C21H25BrN6O3.2ClH/c1-30-17-10-18(31-2)15(22)9-14(17)16-12-28-8-5-19(26-21(28)25-16)27-7-4-13(11-27)24-20(29)3-6-23;;/h5,8-10,12-13H,3-4,6-7,11,23H2,1-2H3,(H,24,29);2*1H. The number of nitrogens with zero attached hydrogens (tertiary/aromatic N) is 4. The quantitative estimate of drug-likeness (QED) is 0.456. The second kappa shape index (κ2) is 11.7. The van der Waals surface area contributed by atoms with Crippen molar-refractivity contribution in [1.29, 1.82) is 0 Å². The third-order valence-electron chi connectivity index (χ3n) is 5.31. The first-order valence-corrected chi connectivity index (χ1v) is 10.8. The molecule has 1 unspecified atom stereocenters. The van der Waals surface area contributed by atoms with Gasteiger partial charge in [-0.05, 0) is 34.5 Å². The summed E-state index contributed by atoms with van der Waals surface area (Å²) in [5, 5.41) is 3.03. The second-order valence-corrected chi connectivity index (χ2v) is 8.20. The Labute approximate surface area is 213 Å². The van der Waals surface area contributed by atoms with Gasteiger partial charge in [0.1, 0.15) is 17.3 Å². The maximum Gasteiger partial charge on any atom is 0.236 e. The molecule has 0 spiro atoms. The summed E-state index contributed by atoms with van der Waals surface area (Å²) in [4.78, 5) is 23.4. The molecule has 180 valence electrons. The lowest BCUT2D eigenvalue weighted by Crippen LogP contribution is -2.38. The molecule has 1 saturated heterocycles. The van der Waals surface area contributed by atoms with Gasteiger partial charge < -0.3 is 25.4 Å². The van der Waals surface area contributed by atoms with Gasteiger partial charge in [0, 0.05) is 56.1 Å². The third-order valence-corrected chi connectivity index (χ3v) is 5.93. The number of carbonyl (C=O) groups is 1. The number of carbonyl (C=O) groups excluding carboxylic acids is 1. The third kappa shape index (κ3) is 5.81. The molecule has 3 heterocycles. The molecular formula is C21H27BrCl2N6O3. The highest BCUT2D eigenvalue weighted by molar-refractivity contribution is 9.10. The van der Waals surface area contributed by atoms with Crippen LogP contribution in [0.3, 0.4) is 0 Å². The molecule has 1 amide bonds. The van der Waals surface area contributed by atoms with Crippen LogP contribution in [0, 0.1) is 0 Å². The first-order chi connectivity index (χ1) is 15.0. The van der Waals surface area contributed by atoms with Crippen molar-refractivity contribution in [3.63, 3.8) is 0 Å². The van der Waals surface area contributed by atoms with Gasteiger partial charge in [-0.2, -0.15) is 4.98 Å². The molecule has 1 aromatic carbocycles. The van der Waals surface area contributed by atoms with E-state index in [1.165, 1.54) is 0 Å². The number of nitrogens with two attached hydrogens (primary N) is 1. The fraction of sp³-hybridized carbons (Fsp3) is 0.381. The molecule has 1 aliphatic rings. The number of hydrogen-bond acceptors (Lipinski definition) is 7. The average molecular weight is 562 g/mol. The smallest absolute Gasteiger partial charge is 0.236 e. The van der Waals surface area contributed by atoms with Crippen molar-refractivity contribution in [3.05, 3.63) is 35.1 Å². The van der Waals surface area contributed by atoms with E-state index >= 15 is 0 Å². The maximum atomic E-state index is 11.8. The van der Waals surface area contributed by atoms with Gasteiger partial charge in [0.25, 0.3) is 0 Å². The van der Waals surface area contributed by atoms with Crippen molar-refractivity contribution in [1.82, 2.24) is 19.7 Å². The van der Waals surface area contributed by atoms with E-state index < -0.39 is 0 Å². The molecule has 1 atom stereocenters. The Bertz CT molecular complexity index is 1110. The summed E-state index contributed by atoms with van der Waals surface area (Å²) in [7, 11) is 3.23. The lowest BCUT2D eigenvalue weighted by Gasteiger charge is -2.17. The summed E-state index contributed by atoms with van der Waals surface area (Å²) in [6.07, 6.45) is 5.09. The number of nitrogens with one attached hydrogen (secondary N) is 1. The molecule has 0 radical (unpaired) electrons. The lowest BCUT2D eigenvalue weighted by molar-refractivity contribution is -0.121. The summed E-state index contributed by atoms with van der Waals surface area (Å²) in [5.74, 6) is 2.78. The number of methoxy groups -OCH3 is 2. The zero-order chi connectivity index (χ0) is 22.0. The Morgan fingerprint density at radius 1 is 1.24 bits per heavy atom. The van der Waals surface area contributed by atoms with Crippen LogP contribution < -0.4 is 25.4 Å². The molecule has 0 aliphatic carbocycles. The highest BCUT2D eigenvalue weighted by Gasteiger charge is 2.25. The van der Waals surface area contributed by atoms with Crippen LogP contribution in [-0.4, -0.2) is 60.2 Å². The van der Waals surface area contributed by atoms with Crippen molar-refractivity contribution in [2.24, 2.45) is 5.73 Å². The lowest BCUT2D eigenvalue weighted by atomic mass is 10.1. The van der Waals surface area contributed by atoms with Gasteiger partial charge in [0.05, 0.1) is 24.4 Å². The number of amides is 1. The molecule has 1 aliphatic heterocycles. The van der Waals surface area contributed by atoms with E-state index in [1.807, 2.05) is 35.0 Å². The van der Waals surface area contributed by atoms with Crippen LogP contribution in [0.5, 0.6) is 11.5 Å². The normalized spacial score (nSPS) is 15.0. The van der Waals surface area contributed by atoms with Crippen molar-refractivity contribution in [2.45, 2.75) is 18.9 Å². The number of hydrogen-bond donors (Lipinski definition) is 2. The Morgan fingerprint density at radius 3 is 2.70 bits per heavy atom. The highest BCUT2D eigenvalue weighted by Crippen LogP contribution is 2.38. The van der Waals surface area contributed by atoms with Gasteiger partial charge in [-0.25, -0.2) is 4.98 Å².